The highest BCUT2D eigenvalue weighted by Gasteiger charge is 2.64. The first-order valence-electron chi connectivity index (χ1n) is 9.04. The largest absolute Gasteiger partial charge is 0.497 e. The van der Waals surface area contributed by atoms with Crippen LogP contribution in [0.5, 0.6) is 5.75 Å². The Bertz CT molecular complexity index is 826. The number of ether oxygens (including phenoxy) is 1. The smallest absolute Gasteiger partial charge is 0.226 e. The van der Waals surface area contributed by atoms with E-state index >= 15 is 0 Å². The summed E-state index contributed by atoms with van der Waals surface area (Å²) < 4.78 is 29.2. The van der Waals surface area contributed by atoms with Crippen molar-refractivity contribution < 1.29 is 22.7 Å². The molecule has 2 saturated heterocycles. The lowest BCUT2D eigenvalue weighted by molar-refractivity contribution is -0.143. The molecule has 3 rings (SSSR count). The molecule has 1 spiro atoms. The zero-order valence-corrected chi connectivity index (χ0v) is 16.8. The number of hydrogen-bond acceptors (Lipinski definition) is 5. The maximum Gasteiger partial charge on any atom is 0.226 e. The zero-order chi connectivity index (χ0) is 19.8. The number of carbonyl (C=O) groups is 2. The van der Waals surface area contributed by atoms with Crippen molar-refractivity contribution in [1.82, 2.24) is 9.80 Å². The van der Waals surface area contributed by atoms with E-state index in [-0.39, 0.29) is 30.7 Å². The van der Waals surface area contributed by atoms with Gasteiger partial charge >= 0.3 is 0 Å². The Hall–Kier alpha value is -2.09. The Morgan fingerprint density at radius 1 is 1.22 bits per heavy atom. The van der Waals surface area contributed by atoms with Crippen LogP contribution in [0.25, 0.3) is 0 Å². The Balaban J connectivity index is 1.62. The van der Waals surface area contributed by atoms with Crippen LogP contribution in [-0.2, 0) is 25.8 Å². The molecule has 0 aliphatic carbocycles. The second-order valence-electron chi connectivity index (χ2n) is 7.56. The number of likely N-dealkylation sites (tertiary alicyclic amines) is 1. The molecule has 1 atom stereocenters. The van der Waals surface area contributed by atoms with E-state index in [9.17, 15) is 18.0 Å². The highest BCUT2D eigenvalue weighted by Crippen LogP contribution is 2.45. The van der Waals surface area contributed by atoms with Crippen molar-refractivity contribution >= 4 is 21.7 Å². The van der Waals surface area contributed by atoms with Crippen LogP contribution >= 0.6 is 0 Å². The maximum atomic E-state index is 12.6. The highest BCUT2D eigenvalue weighted by molar-refractivity contribution is 7.93. The minimum Gasteiger partial charge on any atom is -0.497 e. The summed E-state index contributed by atoms with van der Waals surface area (Å²) in [7, 11) is 1.50. The van der Waals surface area contributed by atoms with E-state index in [0.717, 1.165) is 11.3 Å². The molecule has 0 saturated carbocycles. The molecule has 2 heterocycles. The SMILES string of the molecule is COc1ccc(CCC(=O)N2CC3(C2)C(C(=O)N(C)C)CCS3(=O)=O)cc1. The molecule has 1 aromatic carbocycles. The fourth-order valence-electron chi connectivity index (χ4n) is 4.01. The number of methoxy groups -OCH3 is 1. The molecule has 0 aromatic heterocycles. The number of benzene rings is 1. The van der Waals surface area contributed by atoms with E-state index in [1.165, 1.54) is 4.90 Å². The second kappa shape index (κ2) is 7.14. The van der Waals surface area contributed by atoms with Crippen LogP contribution < -0.4 is 4.74 Å². The first-order valence-corrected chi connectivity index (χ1v) is 10.7. The molecule has 2 aliphatic rings. The molecule has 7 nitrogen and oxygen atoms in total. The normalized spacial score (nSPS) is 22.3. The number of aryl methyl sites for hydroxylation is 1. The van der Waals surface area contributed by atoms with Crippen molar-refractivity contribution in [2.24, 2.45) is 5.92 Å². The van der Waals surface area contributed by atoms with Crippen molar-refractivity contribution in [3.8, 4) is 5.75 Å². The fraction of sp³-hybridized carbons (Fsp3) is 0.579. The summed E-state index contributed by atoms with van der Waals surface area (Å²) in [6, 6.07) is 7.52. The minimum absolute atomic E-state index is 0.0190. The summed E-state index contributed by atoms with van der Waals surface area (Å²) in [6.07, 6.45) is 1.24. The zero-order valence-electron chi connectivity index (χ0n) is 16.0. The van der Waals surface area contributed by atoms with Gasteiger partial charge < -0.3 is 14.5 Å². The maximum absolute atomic E-state index is 12.6. The summed E-state index contributed by atoms with van der Waals surface area (Å²) in [5, 5.41) is 0. The average Bonchev–Trinajstić information content (AvgIpc) is 2.89. The summed E-state index contributed by atoms with van der Waals surface area (Å²) >= 11 is 0. The number of carbonyl (C=O) groups excluding carboxylic acids is 2. The Morgan fingerprint density at radius 2 is 1.85 bits per heavy atom. The van der Waals surface area contributed by atoms with Gasteiger partial charge in [0.1, 0.15) is 10.5 Å². The van der Waals surface area contributed by atoms with Gasteiger partial charge in [-0.1, -0.05) is 12.1 Å². The summed E-state index contributed by atoms with van der Waals surface area (Å²) in [5.41, 5.74) is 1.02. The van der Waals surface area contributed by atoms with Gasteiger partial charge in [0.25, 0.3) is 0 Å². The van der Waals surface area contributed by atoms with E-state index in [2.05, 4.69) is 0 Å². The molecule has 1 aromatic rings. The van der Waals surface area contributed by atoms with E-state index < -0.39 is 20.5 Å². The lowest BCUT2D eigenvalue weighted by atomic mass is 9.82. The molecule has 8 heteroatoms. The standard InChI is InChI=1S/C19H26N2O5S/c1-20(2)18(23)16-10-11-27(24,25)19(16)12-21(13-19)17(22)9-6-14-4-7-15(26-3)8-5-14/h4-5,7-8,16H,6,9-13H2,1-3H3. The summed E-state index contributed by atoms with van der Waals surface area (Å²) in [4.78, 5) is 27.9. The molecule has 2 aliphatic heterocycles. The number of hydrogen-bond donors (Lipinski definition) is 0. The van der Waals surface area contributed by atoms with E-state index in [0.29, 0.717) is 19.3 Å². The van der Waals surface area contributed by atoms with Gasteiger partial charge in [-0.15, -0.1) is 0 Å². The lowest BCUT2D eigenvalue weighted by Gasteiger charge is -2.49. The molecule has 0 bridgehead atoms. The summed E-state index contributed by atoms with van der Waals surface area (Å²) in [6.45, 7) is 0.252. The Kier molecular flexibility index (Phi) is 5.20. The quantitative estimate of drug-likeness (QED) is 0.735. The van der Waals surface area contributed by atoms with Gasteiger partial charge in [-0.2, -0.15) is 0 Å². The first kappa shape index (κ1) is 19.7. The molecule has 2 fully saturated rings. The topological polar surface area (TPSA) is 84.0 Å². The monoisotopic (exact) mass is 394 g/mol. The molecule has 0 N–H and O–H groups in total. The van der Waals surface area contributed by atoms with Crippen molar-refractivity contribution in [2.45, 2.75) is 24.0 Å². The van der Waals surface area contributed by atoms with Gasteiger partial charge in [-0.25, -0.2) is 8.42 Å². The van der Waals surface area contributed by atoms with Gasteiger partial charge in [0.05, 0.1) is 18.8 Å². The van der Waals surface area contributed by atoms with Crippen molar-refractivity contribution in [2.75, 3.05) is 40.0 Å². The van der Waals surface area contributed by atoms with Crippen LogP contribution in [0.1, 0.15) is 18.4 Å². The molecule has 0 radical (unpaired) electrons. The number of amides is 2. The first-order chi connectivity index (χ1) is 12.7. The highest BCUT2D eigenvalue weighted by atomic mass is 32.2. The predicted molar refractivity (Wildman–Crippen MR) is 101 cm³/mol. The third-order valence-corrected chi connectivity index (χ3v) is 8.28. The summed E-state index contributed by atoms with van der Waals surface area (Å²) in [5.74, 6) is -0.0116. The predicted octanol–water partition coefficient (Wildman–Crippen LogP) is 0.732. The van der Waals surface area contributed by atoms with Gasteiger partial charge in [0, 0.05) is 33.6 Å². The van der Waals surface area contributed by atoms with Crippen molar-refractivity contribution in [1.29, 1.82) is 0 Å². The van der Waals surface area contributed by atoms with Crippen LogP contribution in [0, 0.1) is 5.92 Å². The molecule has 1 unspecified atom stereocenters. The number of nitrogens with zero attached hydrogens (tertiary/aromatic N) is 2. The molecular weight excluding hydrogens is 368 g/mol. The van der Waals surface area contributed by atoms with Crippen molar-refractivity contribution in [3.63, 3.8) is 0 Å². The molecule has 27 heavy (non-hydrogen) atoms. The van der Waals surface area contributed by atoms with Gasteiger partial charge in [-0.3, -0.25) is 9.59 Å². The third kappa shape index (κ3) is 3.42. The van der Waals surface area contributed by atoms with Crippen LogP contribution in [0.15, 0.2) is 24.3 Å². The number of rotatable bonds is 5. The Labute approximate surface area is 160 Å². The van der Waals surface area contributed by atoms with E-state index in [4.69, 9.17) is 4.74 Å². The Morgan fingerprint density at radius 3 is 2.41 bits per heavy atom. The minimum atomic E-state index is -3.37. The van der Waals surface area contributed by atoms with Crippen LogP contribution in [0.3, 0.4) is 0 Å². The third-order valence-electron chi connectivity index (χ3n) is 5.72. The van der Waals surface area contributed by atoms with Crippen molar-refractivity contribution in [3.05, 3.63) is 29.8 Å². The molecule has 2 amide bonds. The molecule has 148 valence electrons. The van der Waals surface area contributed by atoms with Gasteiger partial charge in [0.2, 0.25) is 11.8 Å². The average molecular weight is 394 g/mol. The van der Waals surface area contributed by atoms with Gasteiger partial charge in [0.15, 0.2) is 9.84 Å². The van der Waals surface area contributed by atoms with E-state index in [1.807, 2.05) is 24.3 Å². The fourth-order valence-corrected chi connectivity index (χ4v) is 6.32. The van der Waals surface area contributed by atoms with Crippen LogP contribution in [0.2, 0.25) is 0 Å². The van der Waals surface area contributed by atoms with Crippen LogP contribution in [0.4, 0.5) is 0 Å². The molecular formula is C19H26N2O5S. The lowest BCUT2D eigenvalue weighted by Crippen LogP contribution is -2.69. The van der Waals surface area contributed by atoms with Gasteiger partial charge in [-0.05, 0) is 30.5 Å². The second-order valence-corrected chi connectivity index (χ2v) is 10.0. The van der Waals surface area contributed by atoms with E-state index in [1.54, 1.807) is 26.1 Å². The van der Waals surface area contributed by atoms with Crippen LogP contribution in [-0.4, -0.2) is 74.8 Å². The number of sulfone groups is 1.